The van der Waals surface area contributed by atoms with E-state index in [2.05, 4.69) is 5.32 Å². The Labute approximate surface area is 178 Å². The number of carbonyl (C=O) groups is 3. The lowest BCUT2D eigenvalue weighted by Crippen LogP contribution is -2.62. The minimum Gasteiger partial charge on any atom is -0.383 e. The van der Waals surface area contributed by atoms with E-state index < -0.39 is 17.4 Å². The molecule has 164 valence electrons. The predicted molar refractivity (Wildman–Crippen MR) is 115 cm³/mol. The number of benzene rings is 1. The van der Waals surface area contributed by atoms with E-state index in [1.807, 2.05) is 45.0 Å². The standard InChI is InChI=1S/C23H33N3O4/c1-6-15(7-2)21(28)26-14-17(20(27)24-4)19-16-10-8-9-11-18(16)25(12-13-30-5)22(29)23(19,26)3/h8-11,15,17,19H,6-7,12-14H2,1-5H3,(H,24,27)/t17-,19+,23-/m0/s1. The highest BCUT2D eigenvalue weighted by atomic mass is 16.5. The van der Waals surface area contributed by atoms with Crippen molar-refractivity contribution < 1.29 is 19.1 Å². The SMILES string of the molecule is CCC(CC)C(=O)N1C[C@H](C(=O)NC)[C@H]2c3ccccc3N(CCOC)C(=O)[C@]21C. The van der Waals surface area contributed by atoms with Crippen molar-refractivity contribution >= 4 is 23.4 Å². The number of nitrogens with one attached hydrogen (secondary N) is 1. The van der Waals surface area contributed by atoms with Gasteiger partial charge < -0.3 is 19.9 Å². The fourth-order valence-corrected chi connectivity index (χ4v) is 5.20. The van der Waals surface area contributed by atoms with E-state index in [1.54, 1.807) is 24.0 Å². The summed E-state index contributed by atoms with van der Waals surface area (Å²) in [6.45, 7) is 6.84. The first kappa shape index (κ1) is 22.3. The van der Waals surface area contributed by atoms with Crippen LogP contribution in [0.5, 0.6) is 0 Å². The molecule has 7 heteroatoms. The highest BCUT2D eigenvalue weighted by Crippen LogP contribution is 2.53. The Morgan fingerprint density at radius 1 is 1.27 bits per heavy atom. The maximum Gasteiger partial charge on any atom is 0.253 e. The molecule has 1 saturated heterocycles. The number of amides is 3. The van der Waals surface area contributed by atoms with Gasteiger partial charge in [0.2, 0.25) is 11.8 Å². The number of anilines is 1. The molecule has 1 N–H and O–H groups in total. The van der Waals surface area contributed by atoms with Crippen molar-refractivity contribution in [3.05, 3.63) is 29.8 Å². The maximum absolute atomic E-state index is 13.9. The molecule has 0 unspecified atom stereocenters. The summed E-state index contributed by atoms with van der Waals surface area (Å²) in [5, 5.41) is 2.74. The smallest absolute Gasteiger partial charge is 0.253 e. The van der Waals surface area contributed by atoms with Crippen LogP contribution in [-0.4, -0.2) is 62.0 Å². The van der Waals surface area contributed by atoms with Crippen molar-refractivity contribution in [3.63, 3.8) is 0 Å². The zero-order valence-corrected chi connectivity index (χ0v) is 18.6. The zero-order chi connectivity index (χ0) is 22.1. The Bertz CT molecular complexity index is 822. The summed E-state index contributed by atoms with van der Waals surface area (Å²) in [6, 6.07) is 7.71. The van der Waals surface area contributed by atoms with Gasteiger partial charge in [0.25, 0.3) is 5.91 Å². The van der Waals surface area contributed by atoms with E-state index in [9.17, 15) is 14.4 Å². The molecule has 1 fully saturated rings. The number of rotatable bonds is 7. The Hall–Kier alpha value is -2.41. The number of carbonyl (C=O) groups excluding carboxylic acids is 3. The highest BCUT2D eigenvalue weighted by molar-refractivity contribution is 6.07. The number of para-hydroxylation sites is 1. The molecule has 0 aliphatic carbocycles. The van der Waals surface area contributed by atoms with Crippen LogP contribution in [0.15, 0.2) is 24.3 Å². The van der Waals surface area contributed by atoms with Crippen molar-refractivity contribution in [2.45, 2.75) is 45.1 Å². The van der Waals surface area contributed by atoms with Crippen LogP contribution in [-0.2, 0) is 19.1 Å². The fraction of sp³-hybridized carbons (Fsp3) is 0.609. The fourth-order valence-electron chi connectivity index (χ4n) is 5.20. The molecule has 3 rings (SSSR count). The molecule has 2 aliphatic rings. The van der Waals surface area contributed by atoms with Crippen LogP contribution in [0, 0.1) is 11.8 Å². The second kappa shape index (κ2) is 8.76. The number of fused-ring (bicyclic) bond motifs is 3. The van der Waals surface area contributed by atoms with Crippen LogP contribution in [0.4, 0.5) is 5.69 Å². The van der Waals surface area contributed by atoms with Crippen LogP contribution in [0.3, 0.4) is 0 Å². The molecule has 2 aliphatic heterocycles. The van der Waals surface area contributed by atoms with Crippen LogP contribution in [0.1, 0.15) is 45.1 Å². The van der Waals surface area contributed by atoms with Crippen LogP contribution in [0.25, 0.3) is 0 Å². The van der Waals surface area contributed by atoms with Gasteiger partial charge in [0.15, 0.2) is 0 Å². The van der Waals surface area contributed by atoms with Gasteiger partial charge in [-0.1, -0.05) is 32.0 Å². The largest absolute Gasteiger partial charge is 0.383 e. The number of nitrogens with zero attached hydrogens (tertiary/aromatic N) is 2. The minimum atomic E-state index is -1.11. The molecule has 0 spiro atoms. The molecule has 30 heavy (non-hydrogen) atoms. The molecule has 0 saturated carbocycles. The van der Waals surface area contributed by atoms with Gasteiger partial charge in [-0.15, -0.1) is 0 Å². The second-order valence-electron chi connectivity index (χ2n) is 8.32. The normalized spacial score (nSPS) is 25.3. The van der Waals surface area contributed by atoms with Crippen molar-refractivity contribution in [1.29, 1.82) is 0 Å². The quantitative estimate of drug-likeness (QED) is 0.740. The molecule has 1 aromatic rings. The number of methoxy groups -OCH3 is 1. The zero-order valence-electron chi connectivity index (χ0n) is 18.6. The van der Waals surface area contributed by atoms with Crippen molar-refractivity contribution in [2.24, 2.45) is 11.8 Å². The molecular formula is C23H33N3O4. The monoisotopic (exact) mass is 415 g/mol. The minimum absolute atomic E-state index is 0.0432. The number of hydrogen-bond donors (Lipinski definition) is 1. The first-order valence-electron chi connectivity index (χ1n) is 10.8. The van der Waals surface area contributed by atoms with E-state index in [-0.39, 0.29) is 30.2 Å². The number of likely N-dealkylation sites (tertiary alicyclic amines) is 1. The molecule has 0 bridgehead atoms. The second-order valence-corrected chi connectivity index (χ2v) is 8.32. The summed E-state index contributed by atoms with van der Waals surface area (Å²) in [6.07, 6.45) is 1.41. The van der Waals surface area contributed by atoms with Crippen molar-refractivity contribution in [1.82, 2.24) is 10.2 Å². The van der Waals surface area contributed by atoms with Gasteiger partial charge in [-0.05, 0) is 31.4 Å². The number of ether oxygens (including phenoxy) is 1. The molecular weight excluding hydrogens is 382 g/mol. The van der Waals surface area contributed by atoms with Crippen molar-refractivity contribution in [2.75, 3.05) is 38.8 Å². The number of hydrogen-bond acceptors (Lipinski definition) is 4. The van der Waals surface area contributed by atoms with Gasteiger partial charge in [-0.2, -0.15) is 0 Å². The third-order valence-corrected chi connectivity index (χ3v) is 6.89. The van der Waals surface area contributed by atoms with E-state index in [1.165, 1.54) is 0 Å². The third kappa shape index (κ3) is 3.29. The average molecular weight is 416 g/mol. The van der Waals surface area contributed by atoms with Gasteiger partial charge in [0.1, 0.15) is 5.54 Å². The molecule has 1 aromatic carbocycles. The molecule has 7 nitrogen and oxygen atoms in total. The van der Waals surface area contributed by atoms with Crippen LogP contribution in [0.2, 0.25) is 0 Å². The lowest BCUT2D eigenvalue weighted by Gasteiger charge is -2.47. The topological polar surface area (TPSA) is 79.0 Å². The average Bonchev–Trinajstić information content (AvgIpc) is 3.08. The highest BCUT2D eigenvalue weighted by Gasteiger charge is 2.63. The van der Waals surface area contributed by atoms with E-state index >= 15 is 0 Å². The Kier molecular flexibility index (Phi) is 6.50. The Balaban J connectivity index is 2.18. The Morgan fingerprint density at radius 2 is 1.93 bits per heavy atom. The van der Waals surface area contributed by atoms with E-state index in [0.717, 1.165) is 11.3 Å². The van der Waals surface area contributed by atoms with E-state index in [0.29, 0.717) is 26.0 Å². The molecule has 3 amide bonds. The van der Waals surface area contributed by atoms with Gasteiger partial charge in [-0.25, -0.2) is 0 Å². The maximum atomic E-state index is 13.9. The summed E-state index contributed by atoms with van der Waals surface area (Å²) >= 11 is 0. The van der Waals surface area contributed by atoms with Gasteiger partial charge >= 0.3 is 0 Å². The van der Waals surface area contributed by atoms with Gasteiger partial charge in [0, 0.05) is 44.8 Å². The van der Waals surface area contributed by atoms with E-state index in [4.69, 9.17) is 4.74 Å². The third-order valence-electron chi connectivity index (χ3n) is 6.89. The van der Waals surface area contributed by atoms with Gasteiger partial charge in [-0.3, -0.25) is 14.4 Å². The molecule has 3 atom stereocenters. The lowest BCUT2D eigenvalue weighted by atomic mass is 9.71. The molecule has 2 heterocycles. The molecule has 0 radical (unpaired) electrons. The van der Waals surface area contributed by atoms with Gasteiger partial charge in [0.05, 0.1) is 12.5 Å². The summed E-state index contributed by atoms with van der Waals surface area (Å²) in [4.78, 5) is 43.7. The first-order valence-corrected chi connectivity index (χ1v) is 10.8. The predicted octanol–water partition coefficient (Wildman–Crippen LogP) is 2.16. The first-order chi connectivity index (χ1) is 14.4. The molecule has 0 aromatic heterocycles. The van der Waals surface area contributed by atoms with Crippen LogP contribution < -0.4 is 10.2 Å². The van der Waals surface area contributed by atoms with Crippen molar-refractivity contribution in [3.8, 4) is 0 Å². The van der Waals surface area contributed by atoms with Crippen LogP contribution >= 0.6 is 0 Å². The Morgan fingerprint density at radius 3 is 2.53 bits per heavy atom. The summed E-state index contributed by atoms with van der Waals surface area (Å²) in [5.74, 6) is -1.36. The summed E-state index contributed by atoms with van der Waals surface area (Å²) in [5.41, 5.74) is 0.621. The lowest BCUT2D eigenvalue weighted by molar-refractivity contribution is -0.147. The summed E-state index contributed by atoms with van der Waals surface area (Å²) in [7, 11) is 3.21. The summed E-state index contributed by atoms with van der Waals surface area (Å²) < 4.78 is 5.24.